The van der Waals surface area contributed by atoms with Crippen LogP contribution in [0.2, 0.25) is 0 Å². The molecule has 5 aromatic rings. The zero-order chi connectivity index (χ0) is 31.4. The van der Waals surface area contributed by atoms with Crippen molar-refractivity contribution in [1.29, 1.82) is 0 Å². The van der Waals surface area contributed by atoms with Gasteiger partial charge in [0.15, 0.2) is 0 Å². The Morgan fingerprint density at radius 2 is 1.53 bits per heavy atom. The number of anilines is 1. The molecule has 0 aliphatic rings. The number of carbonyl (C=O) groups excluding carboxylic acids is 2. The third-order valence-corrected chi connectivity index (χ3v) is 7.58. The molecule has 0 saturated heterocycles. The van der Waals surface area contributed by atoms with Gasteiger partial charge < -0.3 is 26.0 Å². The number of hydrogen-bond acceptors (Lipinski definition) is 5. The molecular formula is C36H37N5O4. The monoisotopic (exact) mass is 603 g/mol. The minimum absolute atomic E-state index is 0.222. The van der Waals surface area contributed by atoms with Crippen molar-refractivity contribution >= 4 is 34.5 Å². The van der Waals surface area contributed by atoms with Gasteiger partial charge in [-0.3, -0.25) is 14.4 Å². The molecule has 5 rings (SSSR count). The van der Waals surface area contributed by atoms with Gasteiger partial charge in [-0.2, -0.15) is 0 Å². The van der Waals surface area contributed by atoms with E-state index in [1.54, 1.807) is 6.20 Å². The highest BCUT2D eigenvalue weighted by atomic mass is 16.4. The lowest BCUT2D eigenvalue weighted by atomic mass is 9.98. The Balaban J connectivity index is 1.26. The number of carbonyl (C=O) groups is 3. The summed E-state index contributed by atoms with van der Waals surface area (Å²) in [5.74, 6) is -0.950. The van der Waals surface area contributed by atoms with Crippen LogP contribution in [0.1, 0.15) is 43.0 Å². The van der Waals surface area contributed by atoms with Crippen LogP contribution in [-0.4, -0.2) is 45.4 Å². The highest BCUT2D eigenvalue weighted by Gasteiger charge is 2.26. The fourth-order valence-corrected chi connectivity index (χ4v) is 5.27. The second-order valence-electron chi connectivity index (χ2n) is 11.0. The Bertz CT molecular complexity index is 1670. The zero-order valence-corrected chi connectivity index (χ0v) is 24.9. The van der Waals surface area contributed by atoms with Crippen molar-refractivity contribution in [3.05, 3.63) is 121 Å². The second-order valence-corrected chi connectivity index (χ2v) is 11.0. The lowest BCUT2D eigenvalue weighted by Gasteiger charge is -2.23. The molecule has 5 N–H and O–H groups in total. The summed E-state index contributed by atoms with van der Waals surface area (Å²) in [7, 11) is 0. The number of pyridine rings is 1. The SMILES string of the molecule is O=C(O)CC(NC(=O)[C@H](Cc1cc2ccccc2[nH]1)NC(=O)CCCCNc1ccccn1)c1ccc(-c2ccccc2)cc1. The number of nitrogens with one attached hydrogen (secondary N) is 4. The van der Waals surface area contributed by atoms with Crippen LogP contribution in [0.3, 0.4) is 0 Å². The zero-order valence-electron chi connectivity index (χ0n) is 24.9. The van der Waals surface area contributed by atoms with E-state index in [-0.39, 0.29) is 25.2 Å². The third-order valence-electron chi connectivity index (χ3n) is 7.58. The molecule has 0 aliphatic heterocycles. The fraction of sp³-hybridized carbons (Fsp3) is 0.222. The van der Waals surface area contributed by atoms with Gasteiger partial charge in [0.25, 0.3) is 0 Å². The van der Waals surface area contributed by atoms with Gasteiger partial charge in [-0.25, -0.2) is 4.98 Å². The summed E-state index contributed by atoms with van der Waals surface area (Å²) in [4.78, 5) is 46.1. The maximum atomic E-state index is 13.7. The van der Waals surface area contributed by atoms with E-state index in [0.717, 1.165) is 40.0 Å². The first kappa shape index (κ1) is 31.0. The second kappa shape index (κ2) is 15.3. The molecule has 2 atom stereocenters. The predicted octanol–water partition coefficient (Wildman–Crippen LogP) is 5.87. The number of carboxylic acids is 1. The molecule has 2 heterocycles. The Kier molecular flexibility index (Phi) is 10.6. The number of para-hydroxylation sites is 1. The number of benzene rings is 3. The summed E-state index contributed by atoms with van der Waals surface area (Å²) in [6, 6.07) is 31.1. The number of unbranched alkanes of at least 4 members (excludes halogenated alkanes) is 1. The van der Waals surface area contributed by atoms with E-state index in [2.05, 4.69) is 25.9 Å². The Morgan fingerprint density at radius 3 is 2.27 bits per heavy atom. The van der Waals surface area contributed by atoms with Crippen molar-refractivity contribution < 1.29 is 19.5 Å². The van der Waals surface area contributed by atoms with E-state index >= 15 is 0 Å². The Hall–Kier alpha value is -5.44. The van der Waals surface area contributed by atoms with Gasteiger partial charge in [-0.1, -0.05) is 78.9 Å². The van der Waals surface area contributed by atoms with Crippen LogP contribution < -0.4 is 16.0 Å². The molecule has 0 saturated carbocycles. The molecule has 45 heavy (non-hydrogen) atoms. The number of fused-ring (bicyclic) bond motifs is 1. The van der Waals surface area contributed by atoms with Crippen molar-refractivity contribution in [1.82, 2.24) is 20.6 Å². The van der Waals surface area contributed by atoms with Crippen molar-refractivity contribution in [3.63, 3.8) is 0 Å². The summed E-state index contributed by atoms with van der Waals surface area (Å²) in [5, 5.41) is 19.7. The molecule has 230 valence electrons. The number of nitrogens with zero attached hydrogens (tertiary/aromatic N) is 1. The third kappa shape index (κ3) is 9.03. The maximum Gasteiger partial charge on any atom is 0.305 e. The minimum atomic E-state index is -1.04. The number of hydrogen-bond donors (Lipinski definition) is 5. The highest BCUT2D eigenvalue weighted by Crippen LogP contribution is 2.24. The molecule has 1 unspecified atom stereocenters. The van der Waals surface area contributed by atoms with Crippen molar-refractivity contribution in [2.75, 3.05) is 11.9 Å². The molecule has 0 spiro atoms. The van der Waals surface area contributed by atoms with Gasteiger partial charge in [0.05, 0.1) is 12.5 Å². The number of aromatic nitrogens is 2. The lowest BCUT2D eigenvalue weighted by Crippen LogP contribution is -2.49. The summed E-state index contributed by atoms with van der Waals surface area (Å²) < 4.78 is 0. The smallest absolute Gasteiger partial charge is 0.305 e. The van der Waals surface area contributed by atoms with Crippen LogP contribution in [0, 0.1) is 0 Å². The van der Waals surface area contributed by atoms with E-state index in [1.807, 2.05) is 103 Å². The fourth-order valence-electron chi connectivity index (χ4n) is 5.27. The Labute approximate surface area is 262 Å². The van der Waals surface area contributed by atoms with E-state index < -0.39 is 24.0 Å². The van der Waals surface area contributed by atoms with Crippen LogP contribution in [-0.2, 0) is 20.8 Å². The van der Waals surface area contributed by atoms with Gasteiger partial charge >= 0.3 is 5.97 Å². The molecule has 3 aromatic carbocycles. The minimum Gasteiger partial charge on any atom is -0.481 e. The molecule has 0 bridgehead atoms. The van der Waals surface area contributed by atoms with E-state index in [4.69, 9.17) is 0 Å². The number of rotatable bonds is 15. The molecule has 0 fully saturated rings. The van der Waals surface area contributed by atoms with Gasteiger partial charge in [0, 0.05) is 36.8 Å². The first-order chi connectivity index (χ1) is 21.9. The predicted molar refractivity (Wildman–Crippen MR) is 176 cm³/mol. The van der Waals surface area contributed by atoms with Crippen LogP contribution in [0.5, 0.6) is 0 Å². The van der Waals surface area contributed by atoms with E-state index in [9.17, 15) is 19.5 Å². The topological polar surface area (TPSA) is 136 Å². The standard InChI is InChI=1S/C36H37N5O4/c42-34(15-7-9-21-38-33-14-6-8-20-37-33)40-32(23-29-22-28-12-4-5-13-30(28)39-29)36(45)41-31(24-35(43)44)27-18-16-26(17-19-27)25-10-2-1-3-11-25/h1-6,8,10-14,16-20,22,31-32,39H,7,9,15,21,23-24H2,(H,37,38)(H,40,42)(H,41,45)(H,43,44)/t31?,32-/m0/s1. The normalized spacial score (nSPS) is 12.3. The number of H-pyrrole nitrogens is 1. The quantitative estimate of drug-likeness (QED) is 0.0950. The van der Waals surface area contributed by atoms with Gasteiger partial charge in [-0.05, 0) is 59.2 Å². The maximum absolute atomic E-state index is 13.7. The van der Waals surface area contributed by atoms with Gasteiger partial charge in [0.2, 0.25) is 11.8 Å². The molecule has 2 aromatic heterocycles. The lowest BCUT2D eigenvalue weighted by molar-refractivity contribution is -0.138. The largest absolute Gasteiger partial charge is 0.481 e. The summed E-state index contributed by atoms with van der Waals surface area (Å²) in [6.45, 7) is 0.670. The van der Waals surface area contributed by atoms with Crippen molar-refractivity contribution in [2.45, 2.75) is 44.2 Å². The van der Waals surface area contributed by atoms with E-state index in [1.165, 1.54) is 0 Å². The summed E-state index contributed by atoms with van der Waals surface area (Å²) in [6.07, 6.45) is 3.27. The molecule has 0 aliphatic carbocycles. The highest BCUT2D eigenvalue weighted by molar-refractivity contribution is 5.89. The average Bonchev–Trinajstić information content (AvgIpc) is 3.47. The van der Waals surface area contributed by atoms with Crippen LogP contribution in [0.4, 0.5) is 5.82 Å². The summed E-state index contributed by atoms with van der Waals surface area (Å²) >= 11 is 0. The first-order valence-corrected chi connectivity index (χ1v) is 15.1. The van der Waals surface area contributed by atoms with E-state index in [0.29, 0.717) is 18.5 Å². The van der Waals surface area contributed by atoms with Gasteiger partial charge in [-0.15, -0.1) is 0 Å². The average molecular weight is 604 g/mol. The molecule has 9 heteroatoms. The number of amides is 2. The molecular weight excluding hydrogens is 566 g/mol. The first-order valence-electron chi connectivity index (χ1n) is 15.1. The molecule has 0 radical (unpaired) electrons. The molecule has 9 nitrogen and oxygen atoms in total. The van der Waals surface area contributed by atoms with Gasteiger partial charge in [0.1, 0.15) is 11.9 Å². The van der Waals surface area contributed by atoms with Crippen LogP contribution in [0.25, 0.3) is 22.0 Å². The summed E-state index contributed by atoms with van der Waals surface area (Å²) in [5.41, 5.74) is 4.41. The number of aromatic amines is 1. The number of aliphatic carboxylic acids is 1. The Morgan fingerprint density at radius 1 is 0.800 bits per heavy atom. The molecule has 2 amide bonds. The van der Waals surface area contributed by atoms with Crippen molar-refractivity contribution in [2.24, 2.45) is 0 Å². The number of carboxylic acid groups (broad SMARTS) is 1. The van der Waals surface area contributed by atoms with Crippen molar-refractivity contribution in [3.8, 4) is 11.1 Å². The van der Waals surface area contributed by atoms with Crippen LogP contribution in [0.15, 0.2) is 109 Å². The van der Waals surface area contributed by atoms with Crippen LogP contribution >= 0.6 is 0 Å².